The quantitative estimate of drug-likeness (QED) is 0.568. The number of hydrogen-bond donors (Lipinski definition) is 2. The Bertz CT molecular complexity index is 1080. The van der Waals surface area contributed by atoms with Gasteiger partial charge in [-0.25, -0.2) is 0 Å². The summed E-state index contributed by atoms with van der Waals surface area (Å²) in [6.45, 7) is 3.74. The van der Waals surface area contributed by atoms with E-state index in [0.29, 0.717) is 12.5 Å². The molecule has 3 aromatic rings. The second kappa shape index (κ2) is 10.2. The number of nitrogens with zero attached hydrogens (tertiary/aromatic N) is 2. The number of amides is 2. The van der Waals surface area contributed by atoms with Gasteiger partial charge < -0.3 is 19.4 Å². The number of carbonyl (C=O) groups is 2. The SMILES string of the molecule is COc1ccc(C2CCN(c3ccc(CNC(=O)c4coc(NC(C)=O)n4)cc3)CC2)cc1. The summed E-state index contributed by atoms with van der Waals surface area (Å²) in [5, 5.41) is 5.22. The normalized spacial score (nSPS) is 14.1. The Morgan fingerprint density at radius 1 is 1.09 bits per heavy atom. The number of anilines is 2. The molecule has 1 fully saturated rings. The van der Waals surface area contributed by atoms with Gasteiger partial charge in [0.2, 0.25) is 5.91 Å². The van der Waals surface area contributed by atoms with E-state index in [9.17, 15) is 9.59 Å². The van der Waals surface area contributed by atoms with Crippen molar-refractivity contribution in [2.24, 2.45) is 0 Å². The van der Waals surface area contributed by atoms with Crippen LogP contribution in [0.5, 0.6) is 5.75 Å². The second-order valence-corrected chi connectivity index (χ2v) is 8.10. The molecule has 33 heavy (non-hydrogen) atoms. The van der Waals surface area contributed by atoms with E-state index >= 15 is 0 Å². The summed E-state index contributed by atoms with van der Waals surface area (Å²) < 4.78 is 10.3. The molecular formula is C25H28N4O4. The molecule has 1 aliphatic heterocycles. The molecule has 2 aromatic carbocycles. The van der Waals surface area contributed by atoms with E-state index in [2.05, 4.69) is 44.8 Å². The highest BCUT2D eigenvalue weighted by atomic mass is 16.5. The highest BCUT2D eigenvalue weighted by molar-refractivity contribution is 5.93. The fourth-order valence-electron chi connectivity index (χ4n) is 4.03. The molecule has 0 atom stereocenters. The standard InChI is InChI=1S/C25H28N4O4/c1-17(30)27-25-28-23(16-33-25)24(31)26-15-18-3-7-21(8-4-18)29-13-11-20(12-14-29)19-5-9-22(32-2)10-6-19/h3-10,16,20H,11-15H2,1-2H3,(H,26,31)(H,27,28,30). The van der Waals surface area contributed by atoms with Gasteiger partial charge in [-0.2, -0.15) is 4.98 Å². The van der Waals surface area contributed by atoms with Gasteiger partial charge in [0.1, 0.15) is 12.0 Å². The Hall–Kier alpha value is -3.81. The van der Waals surface area contributed by atoms with E-state index in [1.54, 1.807) is 7.11 Å². The van der Waals surface area contributed by atoms with E-state index < -0.39 is 0 Å². The molecule has 8 nitrogen and oxygen atoms in total. The monoisotopic (exact) mass is 448 g/mol. The molecule has 4 rings (SSSR count). The minimum Gasteiger partial charge on any atom is -0.497 e. The van der Waals surface area contributed by atoms with Crippen molar-refractivity contribution >= 4 is 23.5 Å². The lowest BCUT2D eigenvalue weighted by Crippen LogP contribution is -2.32. The van der Waals surface area contributed by atoms with Crippen LogP contribution in [-0.4, -0.2) is 37.0 Å². The van der Waals surface area contributed by atoms with E-state index in [1.807, 2.05) is 24.3 Å². The Balaban J connectivity index is 1.26. The summed E-state index contributed by atoms with van der Waals surface area (Å²) in [5.74, 6) is 0.793. The average Bonchev–Trinajstić information content (AvgIpc) is 3.31. The lowest BCUT2D eigenvalue weighted by atomic mass is 9.89. The molecule has 172 valence electrons. The average molecular weight is 449 g/mol. The van der Waals surface area contributed by atoms with Crippen molar-refractivity contribution < 1.29 is 18.7 Å². The van der Waals surface area contributed by atoms with Crippen LogP contribution in [0, 0.1) is 0 Å². The number of rotatable bonds is 7. The zero-order chi connectivity index (χ0) is 23.2. The van der Waals surface area contributed by atoms with Gasteiger partial charge in [0, 0.05) is 32.2 Å². The number of ether oxygens (including phenoxy) is 1. The van der Waals surface area contributed by atoms with Gasteiger partial charge >= 0.3 is 6.01 Å². The number of benzene rings is 2. The molecule has 1 saturated heterocycles. The largest absolute Gasteiger partial charge is 0.497 e. The van der Waals surface area contributed by atoms with E-state index in [4.69, 9.17) is 9.15 Å². The lowest BCUT2D eigenvalue weighted by molar-refractivity contribution is -0.114. The number of nitrogens with one attached hydrogen (secondary N) is 2. The number of piperidine rings is 1. The maximum atomic E-state index is 12.3. The number of methoxy groups -OCH3 is 1. The summed E-state index contributed by atoms with van der Waals surface area (Å²) in [7, 11) is 1.69. The molecule has 0 radical (unpaired) electrons. The van der Waals surface area contributed by atoms with E-state index in [-0.39, 0.29) is 23.5 Å². The van der Waals surface area contributed by atoms with Crippen molar-refractivity contribution in [2.75, 3.05) is 30.4 Å². The molecule has 0 aliphatic carbocycles. The van der Waals surface area contributed by atoms with Crippen LogP contribution < -0.4 is 20.3 Å². The Kier molecular flexibility index (Phi) is 6.92. The molecule has 0 bridgehead atoms. The van der Waals surface area contributed by atoms with Crippen molar-refractivity contribution in [1.29, 1.82) is 0 Å². The molecule has 0 spiro atoms. The van der Waals surface area contributed by atoms with E-state index in [1.165, 1.54) is 24.4 Å². The molecule has 0 saturated carbocycles. The zero-order valence-electron chi connectivity index (χ0n) is 18.8. The van der Waals surface area contributed by atoms with Gasteiger partial charge in [-0.15, -0.1) is 0 Å². The predicted molar refractivity (Wildman–Crippen MR) is 126 cm³/mol. The first-order valence-corrected chi connectivity index (χ1v) is 11.0. The van der Waals surface area contributed by atoms with Crippen molar-refractivity contribution in [2.45, 2.75) is 32.2 Å². The van der Waals surface area contributed by atoms with Crippen LogP contribution in [0.3, 0.4) is 0 Å². The maximum absolute atomic E-state index is 12.3. The van der Waals surface area contributed by atoms with Crippen LogP contribution in [0.1, 0.15) is 47.3 Å². The van der Waals surface area contributed by atoms with Crippen molar-refractivity contribution in [3.05, 3.63) is 71.6 Å². The van der Waals surface area contributed by atoms with Gasteiger partial charge in [-0.3, -0.25) is 14.9 Å². The molecule has 2 heterocycles. The van der Waals surface area contributed by atoms with Gasteiger partial charge in [0.15, 0.2) is 5.69 Å². The van der Waals surface area contributed by atoms with Gasteiger partial charge in [0.25, 0.3) is 5.91 Å². The van der Waals surface area contributed by atoms with Crippen LogP contribution in [0.15, 0.2) is 59.2 Å². The first-order chi connectivity index (χ1) is 16.0. The number of aromatic nitrogens is 1. The summed E-state index contributed by atoms with van der Waals surface area (Å²) >= 11 is 0. The highest BCUT2D eigenvalue weighted by Crippen LogP contribution is 2.31. The van der Waals surface area contributed by atoms with Crippen molar-refractivity contribution in [3.63, 3.8) is 0 Å². The summed E-state index contributed by atoms with van der Waals surface area (Å²) in [6, 6.07) is 16.7. The van der Waals surface area contributed by atoms with Gasteiger partial charge in [-0.1, -0.05) is 24.3 Å². The smallest absolute Gasteiger partial charge is 0.302 e. The number of oxazole rings is 1. The van der Waals surface area contributed by atoms with Gasteiger partial charge in [0.05, 0.1) is 7.11 Å². The van der Waals surface area contributed by atoms with Crippen LogP contribution >= 0.6 is 0 Å². The summed E-state index contributed by atoms with van der Waals surface area (Å²) in [4.78, 5) is 29.6. The Labute approximate surface area is 192 Å². The van der Waals surface area contributed by atoms with Crippen LogP contribution in [0.4, 0.5) is 11.7 Å². The van der Waals surface area contributed by atoms with Crippen LogP contribution in [0.2, 0.25) is 0 Å². The Morgan fingerprint density at radius 3 is 2.42 bits per heavy atom. The molecule has 2 amide bonds. The zero-order valence-corrected chi connectivity index (χ0v) is 18.8. The predicted octanol–water partition coefficient (Wildman–Crippen LogP) is 3.96. The molecule has 1 aromatic heterocycles. The topological polar surface area (TPSA) is 96.7 Å². The molecule has 0 unspecified atom stereocenters. The van der Waals surface area contributed by atoms with E-state index in [0.717, 1.165) is 37.2 Å². The second-order valence-electron chi connectivity index (χ2n) is 8.10. The Morgan fingerprint density at radius 2 is 1.79 bits per heavy atom. The summed E-state index contributed by atoms with van der Waals surface area (Å²) in [5.41, 5.74) is 3.67. The van der Waals surface area contributed by atoms with Gasteiger partial charge in [-0.05, 0) is 54.2 Å². The molecule has 2 N–H and O–H groups in total. The lowest BCUT2D eigenvalue weighted by Gasteiger charge is -2.34. The van der Waals surface area contributed by atoms with Crippen LogP contribution in [0.25, 0.3) is 0 Å². The van der Waals surface area contributed by atoms with Crippen molar-refractivity contribution in [1.82, 2.24) is 10.3 Å². The van der Waals surface area contributed by atoms with Crippen molar-refractivity contribution in [3.8, 4) is 5.75 Å². The minimum absolute atomic E-state index is 0.00719. The third-order valence-electron chi connectivity index (χ3n) is 5.86. The maximum Gasteiger partial charge on any atom is 0.302 e. The summed E-state index contributed by atoms with van der Waals surface area (Å²) in [6.07, 6.45) is 3.45. The molecular weight excluding hydrogens is 420 g/mol. The first-order valence-electron chi connectivity index (χ1n) is 11.0. The number of hydrogen-bond acceptors (Lipinski definition) is 6. The highest BCUT2D eigenvalue weighted by Gasteiger charge is 2.21. The number of carbonyl (C=O) groups excluding carboxylic acids is 2. The third-order valence-corrected chi connectivity index (χ3v) is 5.86. The fourth-order valence-corrected chi connectivity index (χ4v) is 4.03. The third kappa shape index (κ3) is 5.71. The first kappa shape index (κ1) is 22.4. The fraction of sp³-hybridized carbons (Fsp3) is 0.320. The van der Waals surface area contributed by atoms with Crippen LogP contribution in [-0.2, 0) is 11.3 Å². The molecule has 1 aliphatic rings. The minimum atomic E-state index is -0.361. The molecule has 8 heteroatoms.